The number of amides is 1. The molecule has 6 nitrogen and oxygen atoms in total. The average Bonchev–Trinajstić information content (AvgIpc) is 2.53. The fourth-order valence-electron chi connectivity index (χ4n) is 1.91. The van der Waals surface area contributed by atoms with Crippen molar-refractivity contribution in [3.8, 4) is 0 Å². The molecule has 22 heavy (non-hydrogen) atoms. The van der Waals surface area contributed by atoms with Crippen LogP contribution in [0.4, 0.5) is 5.69 Å². The molecule has 0 bridgehead atoms. The Bertz CT molecular complexity index is 657. The number of carbonyl (C=O) groups excluding carboxylic acids is 2. The summed E-state index contributed by atoms with van der Waals surface area (Å²) in [6.45, 7) is 3.71. The van der Waals surface area contributed by atoms with Crippen molar-refractivity contribution in [2.45, 2.75) is 19.8 Å². The first kappa shape index (κ1) is 15.6. The Balaban J connectivity index is 1.93. The highest BCUT2D eigenvalue weighted by Crippen LogP contribution is 2.23. The number of benzene rings is 1. The molecular formula is C16H17N3O3. The number of hydrogen-bond acceptors (Lipinski definition) is 5. The van der Waals surface area contributed by atoms with E-state index in [0.29, 0.717) is 0 Å². The first-order chi connectivity index (χ1) is 10.6. The van der Waals surface area contributed by atoms with Crippen molar-refractivity contribution in [1.82, 2.24) is 9.97 Å². The monoisotopic (exact) mass is 299 g/mol. The van der Waals surface area contributed by atoms with Crippen LogP contribution in [0, 0.1) is 0 Å². The van der Waals surface area contributed by atoms with Crippen LogP contribution >= 0.6 is 0 Å². The molecule has 2 aromatic rings. The number of hydrogen-bond donors (Lipinski definition) is 1. The van der Waals surface area contributed by atoms with Gasteiger partial charge in [0, 0.05) is 18.1 Å². The first-order valence-corrected chi connectivity index (χ1v) is 6.90. The number of ether oxygens (including phenoxy) is 1. The second kappa shape index (κ2) is 7.31. The predicted molar refractivity (Wildman–Crippen MR) is 81.5 cm³/mol. The molecule has 0 aliphatic rings. The van der Waals surface area contributed by atoms with E-state index < -0.39 is 11.9 Å². The van der Waals surface area contributed by atoms with Crippen LogP contribution in [-0.4, -0.2) is 28.5 Å². The third-order valence-electron chi connectivity index (χ3n) is 2.96. The quantitative estimate of drug-likeness (QED) is 0.857. The van der Waals surface area contributed by atoms with Crippen molar-refractivity contribution in [3.05, 3.63) is 54.1 Å². The standard InChI is InChI=1S/C16H17N3O3/c1-11(2)12-5-3-4-6-13(12)19-15(20)10-22-16(21)14-9-17-7-8-18-14/h3-9,11H,10H2,1-2H3,(H,19,20). The molecule has 1 aromatic carbocycles. The molecule has 2 rings (SSSR count). The predicted octanol–water partition coefficient (Wildman–Crippen LogP) is 2.40. The van der Waals surface area contributed by atoms with Gasteiger partial charge in [-0.1, -0.05) is 32.0 Å². The maximum absolute atomic E-state index is 11.9. The maximum Gasteiger partial charge on any atom is 0.359 e. The summed E-state index contributed by atoms with van der Waals surface area (Å²) >= 11 is 0. The maximum atomic E-state index is 11.9. The highest BCUT2D eigenvalue weighted by molar-refractivity contribution is 5.95. The van der Waals surface area contributed by atoms with Crippen molar-refractivity contribution in [2.75, 3.05) is 11.9 Å². The summed E-state index contributed by atoms with van der Waals surface area (Å²) in [6.07, 6.45) is 4.12. The Kier molecular flexibility index (Phi) is 5.19. The third kappa shape index (κ3) is 4.12. The first-order valence-electron chi connectivity index (χ1n) is 6.90. The summed E-state index contributed by atoms with van der Waals surface area (Å²) in [4.78, 5) is 31.1. The zero-order valence-electron chi connectivity index (χ0n) is 12.4. The van der Waals surface area contributed by atoms with Crippen LogP contribution in [0.15, 0.2) is 42.9 Å². The van der Waals surface area contributed by atoms with Gasteiger partial charge in [0.2, 0.25) is 0 Å². The second-order valence-corrected chi connectivity index (χ2v) is 4.96. The van der Waals surface area contributed by atoms with Crippen molar-refractivity contribution in [3.63, 3.8) is 0 Å². The van der Waals surface area contributed by atoms with Crippen LogP contribution in [0.25, 0.3) is 0 Å². The minimum atomic E-state index is -0.680. The molecule has 1 N–H and O–H groups in total. The molecule has 1 heterocycles. The molecule has 0 aliphatic heterocycles. The second-order valence-electron chi connectivity index (χ2n) is 4.96. The van der Waals surface area contributed by atoms with E-state index in [1.807, 2.05) is 38.1 Å². The molecule has 0 radical (unpaired) electrons. The highest BCUT2D eigenvalue weighted by Gasteiger charge is 2.13. The van der Waals surface area contributed by atoms with Crippen molar-refractivity contribution in [1.29, 1.82) is 0 Å². The zero-order valence-corrected chi connectivity index (χ0v) is 12.4. The van der Waals surface area contributed by atoms with E-state index in [1.165, 1.54) is 18.6 Å². The molecular weight excluding hydrogens is 282 g/mol. The van der Waals surface area contributed by atoms with E-state index >= 15 is 0 Å². The van der Waals surface area contributed by atoms with Gasteiger partial charge in [0.15, 0.2) is 12.3 Å². The van der Waals surface area contributed by atoms with E-state index in [4.69, 9.17) is 4.74 Å². The Hall–Kier alpha value is -2.76. The Morgan fingerprint density at radius 3 is 2.68 bits per heavy atom. The minimum Gasteiger partial charge on any atom is -0.451 e. The lowest BCUT2D eigenvalue weighted by atomic mass is 10.0. The van der Waals surface area contributed by atoms with Gasteiger partial charge in [-0.05, 0) is 17.5 Å². The fourth-order valence-corrected chi connectivity index (χ4v) is 1.91. The van der Waals surface area contributed by atoms with Gasteiger partial charge in [-0.25, -0.2) is 9.78 Å². The smallest absolute Gasteiger partial charge is 0.359 e. The SMILES string of the molecule is CC(C)c1ccccc1NC(=O)COC(=O)c1cnccn1. The molecule has 0 saturated carbocycles. The molecule has 0 saturated heterocycles. The molecule has 0 unspecified atom stereocenters. The molecule has 0 spiro atoms. The number of carbonyl (C=O) groups is 2. The van der Waals surface area contributed by atoms with Gasteiger partial charge in [-0.3, -0.25) is 9.78 Å². The van der Waals surface area contributed by atoms with Crippen molar-refractivity contribution >= 4 is 17.6 Å². The van der Waals surface area contributed by atoms with Crippen LogP contribution in [0.5, 0.6) is 0 Å². The lowest BCUT2D eigenvalue weighted by Crippen LogP contribution is -2.22. The molecule has 0 aliphatic carbocycles. The third-order valence-corrected chi connectivity index (χ3v) is 2.96. The zero-order chi connectivity index (χ0) is 15.9. The molecule has 1 amide bonds. The number of esters is 1. The lowest BCUT2D eigenvalue weighted by Gasteiger charge is -2.13. The molecule has 6 heteroatoms. The van der Waals surface area contributed by atoms with Crippen LogP contribution < -0.4 is 5.32 Å². The van der Waals surface area contributed by atoms with Crippen molar-refractivity contribution in [2.24, 2.45) is 0 Å². The summed E-state index contributed by atoms with van der Waals surface area (Å²) < 4.78 is 4.91. The molecule has 1 aromatic heterocycles. The number of anilines is 1. The highest BCUT2D eigenvalue weighted by atomic mass is 16.5. The number of nitrogens with zero attached hydrogens (tertiary/aromatic N) is 2. The van der Waals surface area contributed by atoms with E-state index in [2.05, 4.69) is 15.3 Å². The lowest BCUT2D eigenvalue weighted by molar-refractivity contribution is -0.119. The number of aromatic nitrogens is 2. The van der Waals surface area contributed by atoms with Crippen LogP contribution in [0.3, 0.4) is 0 Å². The topological polar surface area (TPSA) is 81.2 Å². The van der Waals surface area contributed by atoms with Gasteiger partial charge in [0.05, 0.1) is 6.20 Å². The van der Waals surface area contributed by atoms with Gasteiger partial charge in [0.1, 0.15) is 0 Å². The molecule has 114 valence electrons. The average molecular weight is 299 g/mol. The Morgan fingerprint density at radius 1 is 1.23 bits per heavy atom. The van der Waals surface area contributed by atoms with Crippen LogP contribution in [0.1, 0.15) is 35.8 Å². The summed E-state index contributed by atoms with van der Waals surface area (Å²) in [5, 5.41) is 2.75. The van der Waals surface area contributed by atoms with E-state index in [0.717, 1.165) is 11.3 Å². The van der Waals surface area contributed by atoms with Crippen LogP contribution in [0.2, 0.25) is 0 Å². The van der Waals surface area contributed by atoms with E-state index in [-0.39, 0.29) is 18.2 Å². The summed E-state index contributed by atoms with van der Waals surface area (Å²) in [7, 11) is 0. The minimum absolute atomic E-state index is 0.0675. The number of nitrogens with one attached hydrogen (secondary N) is 1. The molecule has 0 atom stereocenters. The van der Waals surface area contributed by atoms with E-state index in [1.54, 1.807) is 0 Å². The van der Waals surface area contributed by atoms with Gasteiger partial charge in [-0.2, -0.15) is 0 Å². The van der Waals surface area contributed by atoms with E-state index in [9.17, 15) is 9.59 Å². The molecule has 0 fully saturated rings. The van der Waals surface area contributed by atoms with Crippen molar-refractivity contribution < 1.29 is 14.3 Å². The van der Waals surface area contributed by atoms with Gasteiger partial charge >= 0.3 is 5.97 Å². The number of para-hydroxylation sites is 1. The Morgan fingerprint density at radius 2 is 2.00 bits per heavy atom. The summed E-state index contributed by atoms with van der Waals surface area (Å²) in [6, 6.07) is 7.52. The van der Waals surface area contributed by atoms with Gasteiger partial charge in [0.25, 0.3) is 5.91 Å². The fraction of sp³-hybridized carbons (Fsp3) is 0.250. The number of rotatable bonds is 5. The Labute approximate surface area is 128 Å². The van der Waals surface area contributed by atoms with Gasteiger partial charge < -0.3 is 10.1 Å². The van der Waals surface area contributed by atoms with Crippen LogP contribution in [-0.2, 0) is 9.53 Å². The largest absolute Gasteiger partial charge is 0.451 e. The van der Waals surface area contributed by atoms with Gasteiger partial charge in [-0.15, -0.1) is 0 Å². The summed E-state index contributed by atoms with van der Waals surface area (Å²) in [5.41, 5.74) is 1.81. The normalized spacial score (nSPS) is 10.3. The summed E-state index contributed by atoms with van der Waals surface area (Å²) in [5.74, 6) is -0.802.